The first kappa shape index (κ1) is 14.7. The molecule has 1 saturated carbocycles. The summed E-state index contributed by atoms with van der Waals surface area (Å²) in [5, 5.41) is 2.89. The second kappa shape index (κ2) is 7.16. The Balaban J connectivity index is 1.46. The van der Waals surface area contributed by atoms with E-state index >= 15 is 0 Å². The average Bonchev–Trinajstić information content (AvgIpc) is 3.20. The molecule has 1 fully saturated rings. The van der Waals surface area contributed by atoms with E-state index in [-0.39, 0.29) is 5.91 Å². The number of nitrogens with one attached hydrogen (secondary N) is 1. The Kier molecular flexibility index (Phi) is 4.78. The number of aryl methyl sites for hydroxylation is 1. The third-order valence-electron chi connectivity index (χ3n) is 3.92. The first-order valence-corrected chi connectivity index (χ1v) is 7.88. The van der Waals surface area contributed by atoms with E-state index in [2.05, 4.69) is 5.32 Å². The first-order chi connectivity index (χ1) is 10.8. The molecule has 0 saturated heterocycles. The highest BCUT2D eigenvalue weighted by Crippen LogP contribution is 2.25. The molecule has 0 bridgehead atoms. The summed E-state index contributed by atoms with van der Waals surface area (Å²) in [4.78, 5) is 11.9. The van der Waals surface area contributed by atoms with Crippen LogP contribution in [0.2, 0.25) is 0 Å². The quantitative estimate of drug-likeness (QED) is 0.871. The standard InChI is InChI=1S/C18H21NO3/c20-18(12-11-15-6-3-13-21-15)19-14-7-9-17(10-8-14)22-16-4-1-2-5-16/h3,6-10,13,16H,1-2,4-5,11-12H2,(H,19,20). The van der Waals surface area contributed by atoms with Crippen LogP contribution in [-0.2, 0) is 11.2 Å². The summed E-state index contributed by atoms with van der Waals surface area (Å²) in [5.41, 5.74) is 0.795. The van der Waals surface area contributed by atoms with Gasteiger partial charge in [-0.3, -0.25) is 4.79 Å². The minimum Gasteiger partial charge on any atom is -0.490 e. The van der Waals surface area contributed by atoms with Crippen molar-refractivity contribution in [1.29, 1.82) is 0 Å². The van der Waals surface area contributed by atoms with Crippen LogP contribution in [0.1, 0.15) is 37.9 Å². The van der Waals surface area contributed by atoms with E-state index in [9.17, 15) is 4.79 Å². The molecular formula is C18H21NO3. The van der Waals surface area contributed by atoms with Crippen LogP contribution in [0.4, 0.5) is 5.69 Å². The summed E-state index contributed by atoms with van der Waals surface area (Å²) in [6.45, 7) is 0. The molecule has 1 aromatic heterocycles. The molecule has 0 atom stereocenters. The van der Waals surface area contributed by atoms with E-state index in [1.165, 1.54) is 12.8 Å². The molecule has 0 spiro atoms. The van der Waals surface area contributed by atoms with Crippen molar-refractivity contribution in [1.82, 2.24) is 0 Å². The Bertz CT molecular complexity index is 583. The van der Waals surface area contributed by atoms with Crippen LogP contribution in [0.25, 0.3) is 0 Å². The van der Waals surface area contributed by atoms with Gasteiger partial charge in [-0.1, -0.05) is 0 Å². The largest absolute Gasteiger partial charge is 0.490 e. The number of hydrogen-bond acceptors (Lipinski definition) is 3. The first-order valence-electron chi connectivity index (χ1n) is 7.88. The summed E-state index contributed by atoms with van der Waals surface area (Å²) >= 11 is 0. The molecule has 22 heavy (non-hydrogen) atoms. The zero-order valence-corrected chi connectivity index (χ0v) is 12.6. The van der Waals surface area contributed by atoms with Crippen LogP contribution >= 0.6 is 0 Å². The van der Waals surface area contributed by atoms with Crippen molar-refractivity contribution >= 4 is 11.6 Å². The van der Waals surface area contributed by atoms with Crippen LogP contribution in [-0.4, -0.2) is 12.0 Å². The molecule has 4 heteroatoms. The van der Waals surface area contributed by atoms with Crippen molar-refractivity contribution < 1.29 is 13.9 Å². The van der Waals surface area contributed by atoms with Gasteiger partial charge in [0.1, 0.15) is 11.5 Å². The van der Waals surface area contributed by atoms with Gasteiger partial charge in [0.05, 0.1) is 12.4 Å². The topological polar surface area (TPSA) is 51.5 Å². The van der Waals surface area contributed by atoms with E-state index in [1.54, 1.807) is 6.26 Å². The highest BCUT2D eigenvalue weighted by molar-refractivity contribution is 5.90. The highest BCUT2D eigenvalue weighted by Gasteiger charge is 2.16. The third-order valence-corrected chi connectivity index (χ3v) is 3.92. The van der Waals surface area contributed by atoms with E-state index in [0.29, 0.717) is 18.9 Å². The number of carbonyl (C=O) groups is 1. The maximum absolute atomic E-state index is 11.9. The molecule has 1 aliphatic rings. The Morgan fingerprint density at radius 2 is 1.95 bits per heavy atom. The zero-order valence-electron chi connectivity index (χ0n) is 12.6. The Morgan fingerprint density at radius 3 is 2.64 bits per heavy atom. The lowest BCUT2D eigenvalue weighted by atomic mass is 10.2. The molecule has 0 radical (unpaired) electrons. The van der Waals surface area contributed by atoms with Crippen molar-refractivity contribution in [2.75, 3.05) is 5.32 Å². The number of anilines is 1. The van der Waals surface area contributed by atoms with Gasteiger partial charge in [0.2, 0.25) is 5.91 Å². The summed E-state index contributed by atoms with van der Waals surface area (Å²) < 4.78 is 11.1. The van der Waals surface area contributed by atoms with Crippen molar-refractivity contribution in [2.24, 2.45) is 0 Å². The van der Waals surface area contributed by atoms with Gasteiger partial charge in [0.15, 0.2) is 0 Å². The van der Waals surface area contributed by atoms with Gasteiger partial charge in [0, 0.05) is 18.5 Å². The average molecular weight is 299 g/mol. The van der Waals surface area contributed by atoms with Crippen LogP contribution in [0.15, 0.2) is 47.1 Å². The van der Waals surface area contributed by atoms with E-state index in [0.717, 1.165) is 30.0 Å². The molecule has 1 heterocycles. The third kappa shape index (κ3) is 4.13. The number of furan rings is 1. The number of carbonyl (C=O) groups excluding carboxylic acids is 1. The number of amides is 1. The van der Waals surface area contributed by atoms with Gasteiger partial charge in [0.25, 0.3) is 0 Å². The molecule has 1 aliphatic carbocycles. The summed E-state index contributed by atoms with van der Waals surface area (Å²) in [6.07, 6.45) is 7.81. The lowest BCUT2D eigenvalue weighted by Gasteiger charge is -2.13. The van der Waals surface area contributed by atoms with E-state index in [4.69, 9.17) is 9.15 Å². The summed E-state index contributed by atoms with van der Waals surface area (Å²) in [7, 11) is 0. The number of benzene rings is 1. The Morgan fingerprint density at radius 1 is 1.18 bits per heavy atom. The normalized spacial score (nSPS) is 14.9. The fourth-order valence-corrected chi connectivity index (χ4v) is 2.73. The minimum absolute atomic E-state index is 0.0131. The molecule has 2 aromatic rings. The molecular weight excluding hydrogens is 278 g/mol. The van der Waals surface area contributed by atoms with Gasteiger partial charge in [-0.15, -0.1) is 0 Å². The molecule has 3 rings (SSSR count). The molecule has 0 unspecified atom stereocenters. The highest BCUT2D eigenvalue weighted by atomic mass is 16.5. The van der Waals surface area contributed by atoms with Crippen LogP contribution in [0.3, 0.4) is 0 Å². The lowest BCUT2D eigenvalue weighted by molar-refractivity contribution is -0.116. The van der Waals surface area contributed by atoms with Crippen LogP contribution in [0.5, 0.6) is 5.75 Å². The smallest absolute Gasteiger partial charge is 0.224 e. The minimum atomic E-state index is -0.0131. The molecule has 1 aromatic carbocycles. The van der Waals surface area contributed by atoms with Crippen molar-refractivity contribution in [3.8, 4) is 5.75 Å². The fraction of sp³-hybridized carbons (Fsp3) is 0.389. The van der Waals surface area contributed by atoms with Gasteiger partial charge in [-0.2, -0.15) is 0 Å². The van der Waals surface area contributed by atoms with Crippen molar-refractivity contribution in [2.45, 2.75) is 44.6 Å². The second-order valence-corrected chi connectivity index (χ2v) is 5.68. The van der Waals surface area contributed by atoms with E-state index in [1.807, 2.05) is 36.4 Å². The Hall–Kier alpha value is -2.23. The monoisotopic (exact) mass is 299 g/mol. The van der Waals surface area contributed by atoms with Gasteiger partial charge < -0.3 is 14.5 Å². The van der Waals surface area contributed by atoms with Gasteiger partial charge >= 0.3 is 0 Å². The Labute approximate surface area is 130 Å². The maximum atomic E-state index is 11.9. The SMILES string of the molecule is O=C(CCc1ccco1)Nc1ccc(OC2CCCC2)cc1. The predicted octanol–water partition coefficient (Wildman–Crippen LogP) is 4.17. The lowest BCUT2D eigenvalue weighted by Crippen LogP contribution is -2.13. The molecule has 1 N–H and O–H groups in total. The van der Waals surface area contributed by atoms with Crippen LogP contribution in [0, 0.1) is 0 Å². The summed E-state index contributed by atoms with van der Waals surface area (Å²) in [5.74, 6) is 1.69. The van der Waals surface area contributed by atoms with Crippen molar-refractivity contribution in [3.63, 3.8) is 0 Å². The number of rotatable bonds is 6. The van der Waals surface area contributed by atoms with Gasteiger partial charge in [-0.25, -0.2) is 0 Å². The fourth-order valence-electron chi connectivity index (χ4n) is 2.73. The van der Waals surface area contributed by atoms with E-state index < -0.39 is 0 Å². The molecule has 4 nitrogen and oxygen atoms in total. The van der Waals surface area contributed by atoms with Gasteiger partial charge in [-0.05, 0) is 62.1 Å². The molecule has 1 amide bonds. The molecule has 116 valence electrons. The second-order valence-electron chi connectivity index (χ2n) is 5.68. The zero-order chi connectivity index (χ0) is 15.2. The number of ether oxygens (including phenoxy) is 1. The van der Waals surface area contributed by atoms with Crippen molar-refractivity contribution in [3.05, 3.63) is 48.4 Å². The van der Waals surface area contributed by atoms with Crippen LogP contribution < -0.4 is 10.1 Å². The predicted molar refractivity (Wildman–Crippen MR) is 85.0 cm³/mol. The summed E-state index contributed by atoms with van der Waals surface area (Å²) in [6, 6.07) is 11.3. The number of hydrogen-bond donors (Lipinski definition) is 1. The molecule has 0 aliphatic heterocycles. The maximum Gasteiger partial charge on any atom is 0.224 e.